The van der Waals surface area contributed by atoms with Gasteiger partial charge in [0.1, 0.15) is 12.6 Å². The summed E-state index contributed by atoms with van der Waals surface area (Å²) in [6.07, 6.45) is -0.292. The minimum atomic E-state index is -0.645. The van der Waals surface area contributed by atoms with Crippen LogP contribution >= 0.6 is 0 Å². The Hall–Kier alpha value is -3.19. The van der Waals surface area contributed by atoms with Crippen molar-refractivity contribution in [3.63, 3.8) is 0 Å². The van der Waals surface area contributed by atoms with Crippen LogP contribution in [0.4, 0.5) is 0 Å². The van der Waals surface area contributed by atoms with Crippen LogP contribution < -0.4 is 5.76 Å². The lowest BCUT2D eigenvalue weighted by molar-refractivity contribution is -0.145. The van der Waals surface area contributed by atoms with Crippen molar-refractivity contribution in [1.29, 1.82) is 0 Å². The molecule has 1 fully saturated rings. The standard InChI is InChI=1S/C21H21N3O4/c1-15-12-23(13-18(27-15)16-8-4-2-5-9-16)19(25)14-24-21(26)28-20(22-24)17-10-6-3-7-11-17/h2-11,15,18H,12-14H2,1H3/t15-,18+/m1/s1. The molecule has 7 nitrogen and oxygen atoms in total. The van der Waals surface area contributed by atoms with Gasteiger partial charge in [-0.3, -0.25) is 4.79 Å². The predicted molar refractivity (Wildman–Crippen MR) is 103 cm³/mol. The Balaban J connectivity index is 1.49. The maximum absolute atomic E-state index is 12.8. The molecule has 7 heteroatoms. The zero-order chi connectivity index (χ0) is 19.5. The van der Waals surface area contributed by atoms with Gasteiger partial charge >= 0.3 is 5.76 Å². The first-order valence-electron chi connectivity index (χ1n) is 9.21. The highest BCUT2D eigenvalue weighted by molar-refractivity contribution is 5.76. The van der Waals surface area contributed by atoms with E-state index in [2.05, 4.69) is 5.10 Å². The number of ether oxygens (including phenoxy) is 1. The van der Waals surface area contributed by atoms with E-state index in [4.69, 9.17) is 9.15 Å². The second-order valence-corrected chi connectivity index (χ2v) is 6.84. The van der Waals surface area contributed by atoms with Gasteiger partial charge in [-0.15, -0.1) is 5.10 Å². The normalized spacial score (nSPS) is 19.5. The zero-order valence-corrected chi connectivity index (χ0v) is 15.5. The Morgan fingerprint density at radius 3 is 2.46 bits per heavy atom. The molecule has 1 amide bonds. The van der Waals surface area contributed by atoms with Crippen molar-refractivity contribution in [2.75, 3.05) is 13.1 Å². The highest BCUT2D eigenvalue weighted by Crippen LogP contribution is 2.25. The van der Waals surface area contributed by atoms with E-state index in [1.807, 2.05) is 55.5 Å². The average Bonchev–Trinajstić information content (AvgIpc) is 3.09. The molecule has 0 N–H and O–H groups in total. The van der Waals surface area contributed by atoms with Crippen LogP contribution in [0.3, 0.4) is 0 Å². The molecule has 28 heavy (non-hydrogen) atoms. The van der Waals surface area contributed by atoms with Gasteiger partial charge in [0.15, 0.2) is 0 Å². The Bertz CT molecular complexity index is 997. The summed E-state index contributed by atoms with van der Waals surface area (Å²) in [6, 6.07) is 18.9. The summed E-state index contributed by atoms with van der Waals surface area (Å²) in [5.41, 5.74) is 1.71. The molecule has 4 rings (SSSR count). The van der Waals surface area contributed by atoms with Crippen LogP contribution in [0.2, 0.25) is 0 Å². The number of rotatable bonds is 4. The molecule has 0 saturated carbocycles. The first-order chi connectivity index (χ1) is 13.6. The van der Waals surface area contributed by atoms with E-state index in [1.54, 1.807) is 17.0 Å². The molecular weight excluding hydrogens is 358 g/mol. The molecule has 1 saturated heterocycles. The number of morpholine rings is 1. The molecular formula is C21H21N3O4. The number of aromatic nitrogens is 2. The lowest BCUT2D eigenvalue weighted by Crippen LogP contribution is -2.47. The molecule has 0 radical (unpaired) electrons. The summed E-state index contributed by atoms with van der Waals surface area (Å²) in [7, 11) is 0. The summed E-state index contributed by atoms with van der Waals surface area (Å²) in [6.45, 7) is 2.68. The molecule has 0 aliphatic carbocycles. The van der Waals surface area contributed by atoms with Gasteiger partial charge in [0.2, 0.25) is 11.8 Å². The molecule has 1 aliphatic rings. The van der Waals surface area contributed by atoms with Gasteiger partial charge in [0.25, 0.3) is 0 Å². The second kappa shape index (κ2) is 7.82. The van der Waals surface area contributed by atoms with E-state index in [0.717, 1.165) is 10.2 Å². The topological polar surface area (TPSA) is 77.6 Å². The third-order valence-corrected chi connectivity index (χ3v) is 4.70. The maximum Gasteiger partial charge on any atom is 0.437 e. The lowest BCUT2D eigenvalue weighted by atomic mass is 10.1. The number of carbonyl (C=O) groups excluding carboxylic acids is 1. The number of hydrogen-bond acceptors (Lipinski definition) is 5. The number of benzene rings is 2. The molecule has 2 aromatic carbocycles. The summed E-state index contributed by atoms with van der Waals surface area (Å²) < 4.78 is 12.3. The van der Waals surface area contributed by atoms with Crippen LogP contribution in [0, 0.1) is 0 Å². The maximum atomic E-state index is 12.8. The van der Waals surface area contributed by atoms with Gasteiger partial charge in [-0.25, -0.2) is 4.79 Å². The minimum Gasteiger partial charge on any atom is -0.388 e. The van der Waals surface area contributed by atoms with Crippen LogP contribution in [0.5, 0.6) is 0 Å². The van der Waals surface area contributed by atoms with Crippen molar-refractivity contribution < 1.29 is 13.9 Å². The van der Waals surface area contributed by atoms with Crippen LogP contribution in [0.25, 0.3) is 11.5 Å². The molecule has 3 aromatic rings. The lowest BCUT2D eigenvalue weighted by Gasteiger charge is -2.37. The minimum absolute atomic E-state index is 0.100. The second-order valence-electron chi connectivity index (χ2n) is 6.84. The van der Waals surface area contributed by atoms with Gasteiger partial charge in [-0.1, -0.05) is 48.5 Å². The molecule has 1 aromatic heterocycles. The number of nitrogens with zero attached hydrogens (tertiary/aromatic N) is 3. The molecule has 1 aliphatic heterocycles. The van der Waals surface area contributed by atoms with Crippen molar-refractivity contribution in [3.05, 3.63) is 76.8 Å². The molecule has 144 valence electrons. The summed E-state index contributed by atoms with van der Waals surface area (Å²) >= 11 is 0. The van der Waals surface area contributed by atoms with Crippen molar-refractivity contribution in [1.82, 2.24) is 14.7 Å². The van der Waals surface area contributed by atoms with E-state index in [1.165, 1.54) is 0 Å². The van der Waals surface area contributed by atoms with E-state index < -0.39 is 5.76 Å². The van der Waals surface area contributed by atoms with Gasteiger partial charge < -0.3 is 14.1 Å². The smallest absolute Gasteiger partial charge is 0.388 e. The fourth-order valence-corrected chi connectivity index (χ4v) is 3.34. The van der Waals surface area contributed by atoms with Crippen LogP contribution in [-0.4, -0.2) is 39.8 Å². The Kier molecular flexibility index (Phi) is 5.08. The van der Waals surface area contributed by atoms with E-state index >= 15 is 0 Å². The highest BCUT2D eigenvalue weighted by Gasteiger charge is 2.30. The van der Waals surface area contributed by atoms with Crippen molar-refractivity contribution in [2.45, 2.75) is 25.7 Å². The molecule has 0 spiro atoms. The zero-order valence-electron chi connectivity index (χ0n) is 15.5. The van der Waals surface area contributed by atoms with Gasteiger partial charge in [0.05, 0.1) is 12.6 Å². The number of hydrogen-bond donors (Lipinski definition) is 0. The first-order valence-corrected chi connectivity index (χ1v) is 9.21. The Labute approximate surface area is 162 Å². The van der Waals surface area contributed by atoms with Crippen LogP contribution in [0.15, 0.2) is 69.9 Å². The van der Waals surface area contributed by atoms with Crippen LogP contribution in [-0.2, 0) is 16.1 Å². The Morgan fingerprint density at radius 2 is 1.75 bits per heavy atom. The highest BCUT2D eigenvalue weighted by atomic mass is 16.5. The molecule has 0 unspecified atom stereocenters. The third kappa shape index (κ3) is 3.89. The first kappa shape index (κ1) is 18.2. The molecule has 0 bridgehead atoms. The van der Waals surface area contributed by atoms with Crippen molar-refractivity contribution in [3.8, 4) is 11.5 Å². The number of amides is 1. The van der Waals surface area contributed by atoms with E-state index in [9.17, 15) is 9.59 Å². The van der Waals surface area contributed by atoms with Gasteiger partial charge in [-0.05, 0) is 24.6 Å². The summed E-state index contributed by atoms with van der Waals surface area (Å²) in [4.78, 5) is 26.7. The van der Waals surface area contributed by atoms with Crippen LogP contribution in [0.1, 0.15) is 18.6 Å². The summed E-state index contributed by atoms with van der Waals surface area (Å²) in [5.74, 6) is -0.630. The quantitative estimate of drug-likeness (QED) is 0.696. The van der Waals surface area contributed by atoms with Gasteiger partial charge in [0, 0.05) is 12.1 Å². The van der Waals surface area contributed by atoms with E-state index in [0.29, 0.717) is 18.7 Å². The molecule has 2 atom stereocenters. The Morgan fingerprint density at radius 1 is 1.07 bits per heavy atom. The van der Waals surface area contributed by atoms with Gasteiger partial charge in [-0.2, -0.15) is 4.68 Å². The number of carbonyl (C=O) groups is 1. The average molecular weight is 379 g/mol. The fourth-order valence-electron chi connectivity index (χ4n) is 3.34. The fraction of sp³-hybridized carbons (Fsp3) is 0.286. The molecule has 2 heterocycles. The predicted octanol–water partition coefficient (Wildman–Crippen LogP) is 2.49. The van der Waals surface area contributed by atoms with Crippen molar-refractivity contribution in [2.24, 2.45) is 0 Å². The van der Waals surface area contributed by atoms with Crippen molar-refractivity contribution >= 4 is 5.91 Å². The SMILES string of the molecule is C[C@@H]1CN(C(=O)Cn2nc(-c3ccccc3)oc2=O)C[C@@H](c2ccccc2)O1. The largest absolute Gasteiger partial charge is 0.437 e. The monoisotopic (exact) mass is 379 g/mol. The third-order valence-electron chi connectivity index (χ3n) is 4.70. The summed E-state index contributed by atoms with van der Waals surface area (Å²) in [5, 5.41) is 4.17. The van der Waals surface area contributed by atoms with E-state index in [-0.39, 0.29) is 30.6 Å².